The number of fused-ring (bicyclic) bond motifs is 1. The number of benzene rings is 1. The Hall–Kier alpha value is -1.63. The van der Waals surface area contributed by atoms with Crippen LogP contribution in [0.5, 0.6) is 0 Å². The third-order valence-electron chi connectivity index (χ3n) is 3.62. The summed E-state index contributed by atoms with van der Waals surface area (Å²) >= 11 is 9.02. The SMILES string of the molecule is CCN(C(C)=O)c1nc(/C=C2\CSc3ccc(Cl)cc3C2=O)cs1. The van der Waals surface area contributed by atoms with E-state index in [-0.39, 0.29) is 11.7 Å². The monoisotopic (exact) mass is 378 g/mol. The summed E-state index contributed by atoms with van der Waals surface area (Å²) in [6.45, 7) is 3.99. The summed E-state index contributed by atoms with van der Waals surface area (Å²) in [6.07, 6.45) is 1.80. The van der Waals surface area contributed by atoms with Gasteiger partial charge in [0.1, 0.15) is 0 Å². The van der Waals surface area contributed by atoms with Crippen LogP contribution in [0.15, 0.2) is 34.0 Å². The summed E-state index contributed by atoms with van der Waals surface area (Å²) in [5, 5.41) is 3.07. The molecule has 1 aliphatic rings. The van der Waals surface area contributed by atoms with Crippen molar-refractivity contribution < 1.29 is 9.59 Å². The molecule has 0 saturated heterocycles. The van der Waals surface area contributed by atoms with Gasteiger partial charge in [0.25, 0.3) is 0 Å². The molecule has 3 rings (SSSR count). The van der Waals surface area contributed by atoms with E-state index in [1.807, 2.05) is 18.4 Å². The molecule has 2 aromatic rings. The molecule has 1 aromatic carbocycles. The first-order valence-corrected chi connectivity index (χ1v) is 9.65. The maximum atomic E-state index is 12.6. The maximum Gasteiger partial charge on any atom is 0.225 e. The van der Waals surface area contributed by atoms with E-state index < -0.39 is 0 Å². The second-order valence-electron chi connectivity index (χ2n) is 5.25. The van der Waals surface area contributed by atoms with Crippen LogP contribution < -0.4 is 4.90 Å². The normalized spacial score (nSPS) is 15.5. The van der Waals surface area contributed by atoms with Crippen LogP contribution in [0.3, 0.4) is 0 Å². The Balaban J connectivity index is 1.89. The number of carbonyl (C=O) groups is 2. The quantitative estimate of drug-likeness (QED) is 0.735. The minimum atomic E-state index is -0.0427. The van der Waals surface area contributed by atoms with E-state index in [2.05, 4.69) is 4.98 Å². The zero-order chi connectivity index (χ0) is 17.3. The molecule has 0 fully saturated rings. The van der Waals surface area contributed by atoms with Gasteiger partial charge in [0, 0.05) is 45.7 Å². The number of thioether (sulfide) groups is 1. The van der Waals surface area contributed by atoms with Crippen LogP contribution in [0.4, 0.5) is 5.13 Å². The average Bonchev–Trinajstić information content (AvgIpc) is 2.99. The van der Waals surface area contributed by atoms with E-state index in [1.165, 1.54) is 18.3 Å². The molecule has 0 bridgehead atoms. The molecule has 124 valence electrons. The van der Waals surface area contributed by atoms with Crippen molar-refractivity contribution in [3.63, 3.8) is 0 Å². The lowest BCUT2D eigenvalue weighted by atomic mass is 10.0. The smallest absolute Gasteiger partial charge is 0.225 e. The van der Waals surface area contributed by atoms with Gasteiger partial charge in [0.2, 0.25) is 5.91 Å². The van der Waals surface area contributed by atoms with Crippen molar-refractivity contribution in [1.29, 1.82) is 0 Å². The Kier molecular flexibility index (Phi) is 5.08. The Morgan fingerprint density at radius 2 is 2.25 bits per heavy atom. The lowest BCUT2D eigenvalue weighted by Gasteiger charge is -2.17. The topological polar surface area (TPSA) is 50.3 Å². The Morgan fingerprint density at radius 3 is 2.96 bits per heavy atom. The fourth-order valence-corrected chi connectivity index (χ4v) is 4.50. The Bertz CT molecular complexity index is 845. The molecule has 1 amide bonds. The third kappa shape index (κ3) is 3.41. The third-order valence-corrected chi connectivity index (χ3v) is 5.86. The van der Waals surface area contributed by atoms with Gasteiger partial charge in [-0.15, -0.1) is 23.1 Å². The number of rotatable bonds is 3. The summed E-state index contributed by atoms with van der Waals surface area (Å²) in [4.78, 5) is 31.3. The molecule has 0 unspecified atom stereocenters. The van der Waals surface area contributed by atoms with E-state index >= 15 is 0 Å². The van der Waals surface area contributed by atoms with Crippen LogP contribution in [-0.4, -0.2) is 29.0 Å². The highest BCUT2D eigenvalue weighted by molar-refractivity contribution is 7.99. The van der Waals surface area contributed by atoms with Crippen LogP contribution in [-0.2, 0) is 4.79 Å². The number of hydrogen-bond acceptors (Lipinski definition) is 5. The van der Waals surface area contributed by atoms with Gasteiger partial charge >= 0.3 is 0 Å². The number of Topliss-reactive ketones (excluding diaryl/α,β-unsaturated/α-hetero) is 1. The second-order valence-corrected chi connectivity index (χ2v) is 7.54. The summed E-state index contributed by atoms with van der Waals surface area (Å²) in [5.74, 6) is 0.545. The first kappa shape index (κ1) is 17.2. The van der Waals surface area contributed by atoms with Crippen molar-refractivity contribution >= 4 is 57.6 Å². The number of halogens is 1. The van der Waals surface area contributed by atoms with E-state index in [1.54, 1.807) is 34.9 Å². The van der Waals surface area contributed by atoms with Crippen molar-refractivity contribution in [3.05, 3.63) is 45.4 Å². The van der Waals surface area contributed by atoms with Gasteiger partial charge in [-0.3, -0.25) is 14.5 Å². The summed E-state index contributed by atoms with van der Waals surface area (Å²) in [5.41, 5.74) is 2.03. The van der Waals surface area contributed by atoms with E-state index in [4.69, 9.17) is 11.6 Å². The van der Waals surface area contributed by atoms with Gasteiger partial charge in [-0.1, -0.05) is 11.6 Å². The van der Waals surface area contributed by atoms with Crippen molar-refractivity contribution in [2.24, 2.45) is 0 Å². The van der Waals surface area contributed by atoms with Gasteiger partial charge in [0.05, 0.1) is 5.69 Å². The molecule has 0 saturated carbocycles. The van der Waals surface area contributed by atoms with Crippen LogP contribution in [0.1, 0.15) is 29.9 Å². The highest BCUT2D eigenvalue weighted by atomic mass is 35.5. The van der Waals surface area contributed by atoms with Gasteiger partial charge in [-0.2, -0.15) is 0 Å². The molecule has 0 atom stereocenters. The van der Waals surface area contributed by atoms with Crippen LogP contribution in [0.25, 0.3) is 6.08 Å². The first-order valence-electron chi connectivity index (χ1n) is 7.41. The minimum absolute atomic E-state index is 0.0142. The first-order chi connectivity index (χ1) is 11.5. The predicted octanol–water partition coefficient (Wildman–Crippen LogP) is 4.54. The lowest BCUT2D eigenvalue weighted by molar-refractivity contribution is -0.116. The van der Waals surface area contributed by atoms with Gasteiger partial charge < -0.3 is 0 Å². The number of carbonyl (C=O) groups excluding carboxylic acids is 2. The number of thiazole rings is 1. The molecule has 4 nitrogen and oxygen atoms in total. The molecular formula is C17H15ClN2O2S2. The van der Waals surface area contributed by atoms with Crippen LogP contribution in [0, 0.1) is 0 Å². The second kappa shape index (κ2) is 7.09. The number of aromatic nitrogens is 1. The van der Waals surface area contributed by atoms with Crippen molar-refractivity contribution in [1.82, 2.24) is 4.98 Å². The highest BCUT2D eigenvalue weighted by Crippen LogP contribution is 2.35. The Morgan fingerprint density at radius 1 is 1.46 bits per heavy atom. The van der Waals surface area contributed by atoms with Crippen LogP contribution in [0.2, 0.25) is 5.02 Å². The molecule has 1 aliphatic heterocycles. The maximum absolute atomic E-state index is 12.6. The standard InChI is InChI=1S/C17H15ClN2O2S2/c1-3-20(10(2)21)17-19-13(9-24-17)6-11-8-23-15-5-4-12(18)7-14(15)16(11)22/h4-7,9H,3,8H2,1-2H3/b11-6+. The molecule has 0 spiro atoms. The van der Waals surface area contributed by atoms with E-state index in [9.17, 15) is 9.59 Å². The molecule has 2 heterocycles. The summed E-state index contributed by atoms with van der Waals surface area (Å²) in [7, 11) is 0. The van der Waals surface area contributed by atoms with Crippen molar-refractivity contribution in [2.75, 3.05) is 17.2 Å². The van der Waals surface area contributed by atoms with E-state index in [0.29, 0.717) is 39.3 Å². The Labute approximate surface area is 153 Å². The number of amides is 1. The largest absolute Gasteiger partial charge is 0.289 e. The zero-order valence-electron chi connectivity index (χ0n) is 13.2. The average molecular weight is 379 g/mol. The molecule has 1 aromatic heterocycles. The minimum Gasteiger partial charge on any atom is -0.289 e. The van der Waals surface area contributed by atoms with Gasteiger partial charge in [0.15, 0.2) is 10.9 Å². The fourth-order valence-electron chi connectivity index (χ4n) is 2.44. The molecule has 7 heteroatoms. The molecule has 0 N–H and O–H groups in total. The zero-order valence-corrected chi connectivity index (χ0v) is 15.6. The summed E-state index contributed by atoms with van der Waals surface area (Å²) in [6, 6.07) is 5.38. The predicted molar refractivity (Wildman–Crippen MR) is 100 cm³/mol. The van der Waals surface area contributed by atoms with Crippen LogP contribution >= 0.6 is 34.7 Å². The number of anilines is 1. The highest BCUT2D eigenvalue weighted by Gasteiger charge is 2.23. The lowest BCUT2D eigenvalue weighted by Crippen LogP contribution is -2.27. The van der Waals surface area contributed by atoms with E-state index in [0.717, 1.165) is 4.90 Å². The number of nitrogens with zero attached hydrogens (tertiary/aromatic N) is 2. The van der Waals surface area contributed by atoms with Crippen molar-refractivity contribution in [3.8, 4) is 0 Å². The van der Waals surface area contributed by atoms with Gasteiger partial charge in [-0.25, -0.2) is 4.98 Å². The molecule has 24 heavy (non-hydrogen) atoms. The van der Waals surface area contributed by atoms with Gasteiger partial charge in [-0.05, 0) is 31.2 Å². The fraction of sp³-hybridized carbons (Fsp3) is 0.235. The number of ketones is 1. The number of hydrogen-bond donors (Lipinski definition) is 0. The molecular weight excluding hydrogens is 364 g/mol. The molecule has 0 aliphatic carbocycles. The van der Waals surface area contributed by atoms with Crippen molar-refractivity contribution in [2.45, 2.75) is 18.7 Å². The summed E-state index contributed by atoms with van der Waals surface area (Å²) < 4.78 is 0. The molecule has 0 radical (unpaired) electrons.